The fourth-order valence-electron chi connectivity index (χ4n) is 1.53. The summed E-state index contributed by atoms with van der Waals surface area (Å²) in [5.41, 5.74) is 0.209. The summed E-state index contributed by atoms with van der Waals surface area (Å²) in [4.78, 5) is 0. The molecule has 2 nitrogen and oxygen atoms in total. The Kier molecular flexibility index (Phi) is 7.20. The summed E-state index contributed by atoms with van der Waals surface area (Å²) in [5.74, 6) is 0.791. The lowest BCUT2D eigenvalue weighted by Crippen LogP contribution is -2.36. The third-order valence-electron chi connectivity index (χ3n) is 2.89. The van der Waals surface area contributed by atoms with E-state index in [1.807, 2.05) is 0 Å². The molecule has 0 aromatic heterocycles. The molecular formula is C13H29NO. The SMILES string of the molecule is CC(C)CCC(C)NCC(C)(C)CCO. The van der Waals surface area contributed by atoms with Crippen molar-refractivity contribution in [3.8, 4) is 0 Å². The minimum Gasteiger partial charge on any atom is -0.396 e. The van der Waals surface area contributed by atoms with E-state index in [4.69, 9.17) is 5.11 Å². The molecule has 0 spiro atoms. The predicted octanol–water partition coefficient (Wildman–Crippen LogP) is 2.81. The molecule has 0 aliphatic carbocycles. The third kappa shape index (κ3) is 8.88. The minimum atomic E-state index is 0.209. The molecule has 0 heterocycles. The second-order valence-corrected chi connectivity index (χ2v) is 5.89. The maximum Gasteiger partial charge on any atom is 0.0436 e. The van der Waals surface area contributed by atoms with Gasteiger partial charge in [0.2, 0.25) is 0 Å². The van der Waals surface area contributed by atoms with Gasteiger partial charge in [0.15, 0.2) is 0 Å². The van der Waals surface area contributed by atoms with Crippen molar-refractivity contribution in [1.29, 1.82) is 0 Å². The van der Waals surface area contributed by atoms with Gasteiger partial charge < -0.3 is 10.4 Å². The van der Waals surface area contributed by atoms with Crippen molar-refractivity contribution in [3.05, 3.63) is 0 Å². The smallest absolute Gasteiger partial charge is 0.0436 e. The quantitative estimate of drug-likeness (QED) is 0.652. The molecule has 0 saturated carbocycles. The third-order valence-corrected chi connectivity index (χ3v) is 2.89. The number of nitrogens with one attached hydrogen (secondary N) is 1. The molecule has 0 fully saturated rings. The molecule has 0 aliphatic heterocycles. The first-order valence-corrected chi connectivity index (χ1v) is 6.21. The fraction of sp³-hybridized carbons (Fsp3) is 1.00. The van der Waals surface area contributed by atoms with Gasteiger partial charge in [-0.05, 0) is 37.5 Å². The molecule has 1 unspecified atom stereocenters. The Bertz CT molecular complexity index is 155. The van der Waals surface area contributed by atoms with E-state index in [9.17, 15) is 0 Å². The van der Waals surface area contributed by atoms with Crippen LogP contribution in [0.25, 0.3) is 0 Å². The second kappa shape index (κ2) is 7.24. The van der Waals surface area contributed by atoms with E-state index in [1.165, 1.54) is 12.8 Å². The highest BCUT2D eigenvalue weighted by Crippen LogP contribution is 2.18. The molecule has 1 atom stereocenters. The largest absolute Gasteiger partial charge is 0.396 e. The maximum absolute atomic E-state index is 8.92. The molecule has 2 heteroatoms. The molecule has 0 aliphatic rings. The van der Waals surface area contributed by atoms with Gasteiger partial charge in [-0.25, -0.2) is 0 Å². The van der Waals surface area contributed by atoms with Crippen LogP contribution < -0.4 is 5.32 Å². The Labute approximate surface area is 95.5 Å². The number of aliphatic hydroxyl groups is 1. The number of hydrogen-bond acceptors (Lipinski definition) is 2. The Balaban J connectivity index is 3.65. The van der Waals surface area contributed by atoms with Gasteiger partial charge in [0.1, 0.15) is 0 Å². The van der Waals surface area contributed by atoms with Crippen molar-refractivity contribution >= 4 is 0 Å². The molecule has 15 heavy (non-hydrogen) atoms. The highest BCUT2D eigenvalue weighted by molar-refractivity contribution is 4.73. The first-order chi connectivity index (χ1) is 6.87. The molecular weight excluding hydrogens is 186 g/mol. The van der Waals surface area contributed by atoms with E-state index < -0.39 is 0 Å². The molecule has 0 aromatic carbocycles. The summed E-state index contributed by atoms with van der Waals surface area (Å²) in [6, 6.07) is 0.588. The van der Waals surface area contributed by atoms with E-state index in [0.29, 0.717) is 6.04 Å². The zero-order valence-corrected chi connectivity index (χ0v) is 11.1. The van der Waals surface area contributed by atoms with E-state index in [2.05, 4.69) is 39.9 Å². The topological polar surface area (TPSA) is 32.3 Å². The minimum absolute atomic E-state index is 0.209. The Hall–Kier alpha value is -0.0800. The van der Waals surface area contributed by atoms with Crippen LogP contribution in [0, 0.1) is 11.3 Å². The lowest BCUT2D eigenvalue weighted by Gasteiger charge is -2.26. The summed E-state index contributed by atoms with van der Waals surface area (Å²) in [6.07, 6.45) is 3.40. The average Bonchev–Trinajstić information content (AvgIpc) is 2.11. The highest BCUT2D eigenvalue weighted by Gasteiger charge is 2.17. The number of hydrogen-bond donors (Lipinski definition) is 2. The molecule has 0 saturated heterocycles. The summed E-state index contributed by atoms with van der Waals surface area (Å²) in [6.45, 7) is 12.5. The number of aliphatic hydroxyl groups excluding tert-OH is 1. The summed E-state index contributed by atoms with van der Waals surface area (Å²) < 4.78 is 0. The lowest BCUT2D eigenvalue weighted by atomic mass is 9.89. The van der Waals surface area contributed by atoms with Gasteiger partial charge in [0.25, 0.3) is 0 Å². The van der Waals surface area contributed by atoms with Gasteiger partial charge in [-0.2, -0.15) is 0 Å². The fourth-order valence-corrected chi connectivity index (χ4v) is 1.53. The van der Waals surface area contributed by atoms with Crippen molar-refractivity contribution in [2.75, 3.05) is 13.2 Å². The van der Waals surface area contributed by atoms with E-state index in [1.54, 1.807) is 0 Å². The van der Waals surface area contributed by atoms with Gasteiger partial charge in [-0.3, -0.25) is 0 Å². The molecule has 92 valence electrons. The van der Waals surface area contributed by atoms with Crippen LogP contribution in [0.1, 0.15) is 53.9 Å². The first-order valence-electron chi connectivity index (χ1n) is 6.21. The Morgan fingerprint density at radius 2 is 1.73 bits per heavy atom. The van der Waals surface area contributed by atoms with Crippen molar-refractivity contribution in [2.45, 2.75) is 59.9 Å². The van der Waals surface area contributed by atoms with Gasteiger partial charge in [0.05, 0.1) is 0 Å². The molecule has 0 radical (unpaired) electrons. The maximum atomic E-state index is 8.92. The normalized spacial score (nSPS) is 14.6. The van der Waals surface area contributed by atoms with Crippen molar-refractivity contribution in [3.63, 3.8) is 0 Å². The van der Waals surface area contributed by atoms with Crippen LogP contribution in [0.2, 0.25) is 0 Å². The molecule has 0 bridgehead atoms. The molecule has 2 N–H and O–H groups in total. The molecule has 0 amide bonds. The molecule has 0 aromatic rings. The summed E-state index contributed by atoms with van der Waals surface area (Å²) >= 11 is 0. The van der Waals surface area contributed by atoms with Crippen LogP contribution in [0.15, 0.2) is 0 Å². The van der Waals surface area contributed by atoms with Gasteiger partial charge >= 0.3 is 0 Å². The standard InChI is InChI=1S/C13H29NO/c1-11(2)6-7-12(3)14-10-13(4,5)8-9-15/h11-12,14-15H,6-10H2,1-5H3. The Morgan fingerprint density at radius 3 is 2.20 bits per heavy atom. The summed E-state index contributed by atoms with van der Waals surface area (Å²) in [7, 11) is 0. The van der Waals surface area contributed by atoms with Crippen molar-refractivity contribution < 1.29 is 5.11 Å². The van der Waals surface area contributed by atoms with Crippen LogP contribution >= 0.6 is 0 Å². The number of rotatable bonds is 8. The van der Waals surface area contributed by atoms with Crippen molar-refractivity contribution in [1.82, 2.24) is 5.32 Å². The van der Waals surface area contributed by atoms with Gasteiger partial charge in [-0.15, -0.1) is 0 Å². The zero-order chi connectivity index (χ0) is 11.9. The predicted molar refractivity (Wildman–Crippen MR) is 67.0 cm³/mol. The molecule has 0 rings (SSSR count). The van der Waals surface area contributed by atoms with E-state index >= 15 is 0 Å². The van der Waals surface area contributed by atoms with E-state index in [-0.39, 0.29) is 12.0 Å². The second-order valence-electron chi connectivity index (χ2n) is 5.89. The Morgan fingerprint density at radius 1 is 1.13 bits per heavy atom. The highest BCUT2D eigenvalue weighted by atomic mass is 16.3. The van der Waals surface area contributed by atoms with Crippen LogP contribution in [0.4, 0.5) is 0 Å². The van der Waals surface area contributed by atoms with Crippen LogP contribution in [0.3, 0.4) is 0 Å². The monoisotopic (exact) mass is 215 g/mol. The van der Waals surface area contributed by atoms with Gasteiger partial charge in [0, 0.05) is 19.2 Å². The lowest BCUT2D eigenvalue weighted by molar-refractivity contribution is 0.202. The van der Waals surface area contributed by atoms with E-state index in [0.717, 1.165) is 18.9 Å². The van der Waals surface area contributed by atoms with Gasteiger partial charge in [-0.1, -0.05) is 27.7 Å². The zero-order valence-electron chi connectivity index (χ0n) is 11.1. The summed E-state index contributed by atoms with van der Waals surface area (Å²) in [5, 5.41) is 12.5. The van der Waals surface area contributed by atoms with Crippen molar-refractivity contribution in [2.24, 2.45) is 11.3 Å². The first kappa shape index (κ1) is 14.9. The van der Waals surface area contributed by atoms with Crippen LogP contribution in [0.5, 0.6) is 0 Å². The average molecular weight is 215 g/mol. The van der Waals surface area contributed by atoms with Crippen LogP contribution in [-0.4, -0.2) is 24.3 Å². The van der Waals surface area contributed by atoms with Crippen LogP contribution in [-0.2, 0) is 0 Å².